The summed E-state index contributed by atoms with van der Waals surface area (Å²) in [4.78, 5) is 14.2. The van der Waals surface area contributed by atoms with Crippen molar-refractivity contribution in [2.24, 2.45) is 5.73 Å². The minimum atomic E-state index is 0.0610. The van der Waals surface area contributed by atoms with E-state index in [4.69, 9.17) is 10.2 Å². The molecule has 1 amide bonds. The van der Waals surface area contributed by atoms with Gasteiger partial charge < -0.3 is 15.1 Å². The Morgan fingerprint density at radius 3 is 2.76 bits per heavy atom. The summed E-state index contributed by atoms with van der Waals surface area (Å²) in [7, 11) is 0. The number of nitrogens with two attached hydrogens (primary N) is 1. The molecule has 0 aromatic carbocycles. The topological polar surface area (TPSA) is 59.5 Å². The summed E-state index contributed by atoms with van der Waals surface area (Å²) in [5.74, 6) is 0.828. The Hall–Kier alpha value is -1.29. The third-order valence-corrected chi connectivity index (χ3v) is 2.71. The van der Waals surface area contributed by atoms with Gasteiger partial charge in [0.25, 0.3) is 5.91 Å². The van der Waals surface area contributed by atoms with E-state index in [9.17, 15) is 4.79 Å². The van der Waals surface area contributed by atoms with Crippen LogP contribution in [0, 0.1) is 0 Å². The summed E-state index contributed by atoms with van der Waals surface area (Å²) in [5.41, 5.74) is 6.18. The van der Waals surface area contributed by atoms with Gasteiger partial charge in [-0.15, -0.1) is 0 Å². The predicted octanol–water partition coefficient (Wildman–Crippen LogP) is 2.04. The van der Waals surface area contributed by atoms with Gasteiger partial charge in [0.05, 0.1) is 11.8 Å². The summed E-state index contributed by atoms with van der Waals surface area (Å²) in [6.45, 7) is 6.16. The zero-order valence-corrected chi connectivity index (χ0v) is 10.7. The summed E-state index contributed by atoms with van der Waals surface area (Å²) >= 11 is 0. The van der Waals surface area contributed by atoms with Crippen LogP contribution in [0.4, 0.5) is 0 Å². The molecule has 0 aliphatic heterocycles. The number of hydrogen-bond acceptors (Lipinski definition) is 3. The average molecular weight is 238 g/mol. The zero-order chi connectivity index (χ0) is 12.7. The molecule has 2 N–H and O–H groups in total. The normalized spacial score (nSPS) is 10.5. The van der Waals surface area contributed by atoms with Crippen LogP contribution in [-0.4, -0.2) is 30.4 Å². The van der Waals surface area contributed by atoms with E-state index in [2.05, 4.69) is 6.92 Å². The molecular formula is C13H22N2O2. The molecule has 0 saturated heterocycles. The van der Waals surface area contributed by atoms with Crippen molar-refractivity contribution in [2.75, 3.05) is 19.6 Å². The Morgan fingerprint density at radius 1 is 1.41 bits per heavy atom. The Bertz CT molecular complexity index is 347. The highest BCUT2D eigenvalue weighted by Crippen LogP contribution is 2.14. The van der Waals surface area contributed by atoms with E-state index in [-0.39, 0.29) is 5.91 Å². The molecule has 1 aromatic heterocycles. The van der Waals surface area contributed by atoms with Crippen LogP contribution in [0.2, 0.25) is 0 Å². The first-order valence-electron chi connectivity index (χ1n) is 6.30. The minimum Gasteiger partial charge on any atom is -0.469 e. The molecule has 0 aliphatic rings. The van der Waals surface area contributed by atoms with Gasteiger partial charge in [-0.05, 0) is 25.5 Å². The molecule has 1 rings (SSSR count). The van der Waals surface area contributed by atoms with E-state index in [1.807, 2.05) is 11.8 Å². The van der Waals surface area contributed by atoms with Gasteiger partial charge >= 0.3 is 0 Å². The second-order valence-corrected chi connectivity index (χ2v) is 4.05. The molecule has 0 unspecified atom stereocenters. The maximum absolute atomic E-state index is 12.3. The number of amides is 1. The Kier molecular flexibility index (Phi) is 5.77. The maximum atomic E-state index is 12.3. The number of furan rings is 1. The van der Waals surface area contributed by atoms with Crippen LogP contribution in [0.25, 0.3) is 0 Å². The highest BCUT2D eigenvalue weighted by Gasteiger charge is 2.19. The van der Waals surface area contributed by atoms with E-state index >= 15 is 0 Å². The lowest BCUT2D eigenvalue weighted by atomic mass is 10.2. The molecule has 0 spiro atoms. The molecular weight excluding hydrogens is 216 g/mol. The molecule has 4 nitrogen and oxygen atoms in total. The second-order valence-electron chi connectivity index (χ2n) is 4.05. The number of carbonyl (C=O) groups is 1. The van der Waals surface area contributed by atoms with Gasteiger partial charge in [0.1, 0.15) is 5.76 Å². The fraction of sp³-hybridized carbons (Fsp3) is 0.615. The average Bonchev–Trinajstić information content (AvgIpc) is 2.81. The van der Waals surface area contributed by atoms with Gasteiger partial charge in [-0.2, -0.15) is 0 Å². The van der Waals surface area contributed by atoms with E-state index in [0.717, 1.165) is 38.1 Å². The summed E-state index contributed by atoms with van der Waals surface area (Å²) < 4.78 is 5.30. The summed E-state index contributed by atoms with van der Waals surface area (Å²) in [6.07, 6.45) is 4.12. The standard InChI is InChI=1S/C13H22N2O2/c1-3-8-15(9-5-7-14)13(16)11-6-10-17-12(11)4-2/h6,10H,3-5,7-9,14H2,1-2H3. The molecule has 0 saturated carbocycles. The highest BCUT2D eigenvalue weighted by atomic mass is 16.3. The first-order chi connectivity index (χ1) is 8.24. The lowest BCUT2D eigenvalue weighted by molar-refractivity contribution is 0.0752. The highest BCUT2D eigenvalue weighted by molar-refractivity contribution is 5.95. The molecule has 0 radical (unpaired) electrons. The smallest absolute Gasteiger partial charge is 0.257 e. The monoisotopic (exact) mass is 238 g/mol. The van der Waals surface area contributed by atoms with Crippen molar-refractivity contribution in [3.8, 4) is 0 Å². The van der Waals surface area contributed by atoms with Crippen molar-refractivity contribution in [3.63, 3.8) is 0 Å². The van der Waals surface area contributed by atoms with Crippen molar-refractivity contribution in [2.45, 2.75) is 33.1 Å². The summed E-state index contributed by atoms with van der Waals surface area (Å²) in [6, 6.07) is 1.76. The number of aryl methyl sites for hydroxylation is 1. The van der Waals surface area contributed by atoms with Crippen LogP contribution in [-0.2, 0) is 6.42 Å². The van der Waals surface area contributed by atoms with Crippen molar-refractivity contribution < 1.29 is 9.21 Å². The first-order valence-corrected chi connectivity index (χ1v) is 6.30. The Balaban J connectivity index is 2.76. The van der Waals surface area contributed by atoms with Crippen LogP contribution in [0.5, 0.6) is 0 Å². The summed E-state index contributed by atoms with van der Waals surface area (Å²) in [5, 5.41) is 0. The van der Waals surface area contributed by atoms with E-state index in [0.29, 0.717) is 12.1 Å². The maximum Gasteiger partial charge on any atom is 0.257 e. The Labute approximate surface area is 103 Å². The van der Waals surface area contributed by atoms with Gasteiger partial charge in [-0.25, -0.2) is 0 Å². The molecule has 17 heavy (non-hydrogen) atoms. The molecule has 0 aliphatic carbocycles. The lowest BCUT2D eigenvalue weighted by Gasteiger charge is -2.21. The van der Waals surface area contributed by atoms with Gasteiger partial charge in [-0.1, -0.05) is 13.8 Å². The fourth-order valence-electron chi connectivity index (χ4n) is 1.84. The molecule has 0 fully saturated rings. The van der Waals surface area contributed by atoms with Gasteiger partial charge in [0.15, 0.2) is 0 Å². The number of carbonyl (C=O) groups excluding carboxylic acids is 1. The van der Waals surface area contributed by atoms with Gasteiger partial charge in [0.2, 0.25) is 0 Å². The van der Waals surface area contributed by atoms with Crippen LogP contribution < -0.4 is 5.73 Å². The lowest BCUT2D eigenvalue weighted by Crippen LogP contribution is -2.33. The number of rotatable bonds is 7. The third kappa shape index (κ3) is 3.60. The second kappa shape index (κ2) is 7.12. The minimum absolute atomic E-state index is 0.0610. The molecule has 4 heteroatoms. The zero-order valence-electron chi connectivity index (χ0n) is 10.7. The van der Waals surface area contributed by atoms with Crippen LogP contribution >= 0.6 is 0 Å². The van der Waals surface area contributed by atoms with Crippen molar-refractivity contribution in [1.82, 2.24) is 4.90 Å². The van der Waals surface area contributed by atoms with Gasteiger partial charge in [-0.3, -0.25) is 4.79 Å². The Morgan fingerprint density at radius 2 is 2.18 bits per heavy atom. The first kappa shape index (κ1) is 13.8. The molecule has 96 valence electrons. The third-order valence-electron chi connectivity index (χ3n) is 2.71. The SMILES string of the molecule is CCCN(CCCN)C(=O)c1ccoc1CC. The van der Waals surface area contributed by atoms with Crippen molar-refractivity contribution >= 4 is 5.91 Å². The van der Waals surface area contributed by atoms with E-state index in [1.54, 1.807) is 12.3 Å². The predicted molar refractivity (Wildman–Crippen MR) is 68.0 cm³/mol. The molecule has 1 aromatic rings. The van der Waals surface area contributed by atoms with Crippen LogP contribution in [0.1, 0.15) is 42.8 Å². The van der Waals surface area contributed by atoms with Gasteiger partial charge in [0, 0.05) is 19.5 Å². The molecule has 0 atom stereocenters. The van der Waals surface area contributed by atoms with Crippen molar-refractivity contribution in [1.29, 1.82) is 0 Å². The van der Waals surface area contributed by atoms with Crippen LogP contribution in [0.15, 0.2) is 16.7 Å². The molecule has 0 bridgehead atoms. The number of nitrogens with zero attached hydrogens (tertiary/aromatic N) is 1. The largest absolute Gasteiger partial charge is 0.469 e. The fourth-order valence-corrected chi connectivity index (χ4v) is 1.84. The molecule has 1 heterocycles. The van der Waals surface area contributed by atoms with E-state index < -0.39 is 0 Å². The van der Waals surface area contributed by atoms with Crippen molar-refractivity contribution in [3.05, 3.63) is 23.7 Å². The van der Waals surface area contributed by atoms with E-state index in [1.165, 1.54) is 0 Å². The number of hydrogen-bond donors (Lipinski definition) is 1. The van der Waals surface area contributed by atoms with Crippen LogP contribution in [0.3, 0.4) is 0 Å². The quantitative estimate of drug-likeness (QED) is 0.790.